The SMILES string of the molecule is CN1CCN(c2[c]cncc2)CC1. The van der Waals surface area contributed by atoms with Crippen LogP contribution in [0.4, 0.5) is 5.69 Å². The van der Waals surface area contributed by atoms with Crippen LogP contribution in [0.25, 0.3) is 0 Å². The minimum atomic E-state index is 1.09. The van der Waals surface area contributed by atoms with Gasteiger partial charge < -0.3 is 9.80 Å². The highest BCUT2D eigenvalue weighted by atomic mass is 15.2. The molecule has 0 spiro atoms. The van der Waals surface area contributed by atoms with Crippen LogP contribution >= 0.6 is 0 Å². The molecule has 3 nitrogen and oxygen atoms in total. The van der Waals surface area contributed by atoms with Crippen LogP contribution in [-0.2, 0) is 0 Å². The molecule has 0 bridgehead atoms. The predicted molar refractivity (Wildman–Crippen MR) is 52.8 cm³/mol. The van der Waals surface area contributed by atoms with Crippen LogP contribution in [0.15, 0.2) is 18.5 Å². The van der Waals surface area contributed by atoms with Gasteiger partial charge >= 0.3 is 0 Å². The summed E-state index contributed by atoms with van der Waals surface area (Å²) in [6, 6.07) is 5.17. The second-order valence-corrected chi connectivity index (χ2v) is 3.41. The van der Waals surface area contributed by atoms with Crippen LogP contribution in [0.5, 0.6) is 0 Å². The van der Waals surface area contributed by atoms with E-state index in [1.807, 2.05) is 12.3 Å². The van der Waals surface area contributed by atoms with E-state index in [0.717, 1.165) is 26.2 Å². The van der Waals surface area contributed by atoms with Gasteiger partial charge in [-0.15, -0.1) is 0 Å². The maximum atomic E-state index is 3.96. The van der Waals surface area contributed by atoms with Crippen LogP contribution in [0, 0.1) is 6.07 Å². The molecule has 0 N–H and O–H groups in total. The van der Waals surface area contributed by atoms with Crippen molar-refractivity contribution >= 4 is 5.69 Å². The minimum Gasteiger partial charge on any atom is -0.368 e. The van der Waals surface area contributed by atoms with E-state index in [0.29, 0.717) is 0 Å². The fourth-order valence-electron chi connectivity index (χ4n) is 1.55. The zero-order chi connectivity index (χ0) is 9.10. The van der Waals surface area contributed by atoms with Crippen molar-refractivity contribution in [1.29, 1.82) is 0 Å². The van der Waals surface area contributed by atoms with E-state index in [1.54, 1.807) is 6.20 Å². The monoisotopic (exact) mass is 176 g/mol. The van der Waals surface area contributed by atoms with Gasteiger partial charge in [0.2, 0.25) is 0 Å². The van der Waals surface area contributed by atoms with E-state index in [4.69, 9.17) is 0 Å². The van der Waals surface area contributed by atoms with Gasteiger partial charge in [0.05, 0.1) is 0 Å². The molecule has 0 unspecified atom stereocenters. The largest absolute Gasteiger partial charge is 0.368 e. The zero-order valence-corrected chi connectivity index (χ0v) is 7.90. The topological polar surface area (TPSA) is 19.4 Å². The molecule has 0 saturated carbocycles. The summed E-state index contributed by atoms with van der Waals surface area (Å²) in [7, 11) is 2.16. The molecule has 1 saturated heterocycles. The van der Waals surface area contributed by atoms with Gasteiger partial charge in [0.15, 0.2) is 0 Å². The summed E-state index contributed by atoms with van der Waals surface area (Å²) >= 11 is 0. The molecule has 1 aromatic rings. The Hall–Kier alpha value is -1.09. The summed E-state index contributed by atoms with van der Waals surface area (Å²) in [5.74, 6) is 0. The van der Waals surface area contributed by atoms with E-state index in [9.17, 15) is 0 Å². The van der Waals surface area contributed by atoms with Crippen LogP contribution in [0.3, 0.4) is 0 Å². The number of anilines is 1. The van der Waals surface area contributed by atoms with E-state index in [1.165, 1.54) is 5.69 Å². The lowest BCUT2D eigenvalue weighted by molar-refractivity contribution is 0.313. The van der Waals surface area contributed by atoms with E-state index >= 15 is 0 Å². The number of hydrogen-bond donors (Lipinski definition) is 0. The highest BCUT2D eigenvalue weighted by Crippen LogP contribution is 2.12. The van der Waals surface area contributed by atoms with Crippen LogP contribution in [-0.4, -0.2) is 43.1 Å². The molecule has 1 radical (unpaired) electrons. The molecule has 2 heterocycles. The van der Waals surface area contributed by atoms with Crippen molar-refractivity contribution in [3.8, 4) is 0 Å². The lowest BCUT2D eigenvalue weighted by Crippen LogP contribution is -2.44. The van der Waals surface area contributed by atoms with Crippen molar-refractivity contribution in [3.63, 3.8) is 0 Å². The van der Waals surface area contributed by atoms with Crippen LogP contribution in [0.1, 0.15) is 0 Å². The van der Waals surface area contributed by atoms with Gasteiger partial charge in [-0.1, -0.05) is 0 Å². The molecular formula is C10H14N3. The molecule has 0 aromatic carbocycles. The zero-order valence-electron chi connectivity index (χ0n) is 7.90. The number of rotatable bonds is 1. The fraction of sp³-hybridized carbons (Fsp3) is 0.500. The summed E-state index contributed by atoms with van der Waals surface area (Å²) in [6.45, 7) is 4.46. The van der Waals surface area contributed by atoms with Gasteiger partial charge in [-0.2, -0.15) is 0 Å². The number of likely N-dealkylation sites (N-methyl/N-ethyl adjacent to an activating group) is 1. The number of piperazine rings is 1. The van der Waals surface area contributed by atoms with Gasteiger partial charge in [0, 0.05) is 50.3 Å². The summed E-state index contributed by atoms with van der Waals surface area (Å²) in [5.41, 5.74) is 1.17. The van der Waals surface area contributed by atoms with E-state index in [2.05, 4.69) is 27.9 Å². The molecule has 1 aromatic heterocycles. The van der Waals surface area contributed by atoms with Crippen molar-refractivity contribution in [2.75, 3.05) is 38.1 Å². The molecule has 0 amide bonds. The van der Waals surface area contributed by atoms with Crippen molar-refractivity contribution in [3.05, 3.63) is 24.5 Å². The molecule has 1 fully saturated rings. The standard InChI is InChI=1S/C10H14N3/c1-12-6-8-13(9-7-12)10-2-4-11-5-3-10/h2,4-5H,6-9H2,1H3. The third-order valence-corrected chi connectivity index (χ3v) is 2.45. The summed E-state index contributed by atoms with van der Waals surface area (Å²) < 4.78 is 0. The van der Waals surface area contributed by atoms with Crippen molar-refractivity contribution in [2.45, 2.75) is 0 Å². The van der Waals surface area contributed by atoms with Gasteiger partial charge in [-0.25, -0.2) is 0 Å². The van der Waals surface area contributed by atoms with Crippen LogP contribution in [0.2, 0.25) is 0 Å². The summed E-state index contributed by atoms with van der Waals surface area (Å²) in [6.07, 6.45) is 3.55. The lowest BCUT2D eigenvalue weighted by atomic mass is 10.3. The molecule has 0 atom stereocenters. The number of hydrogen-bond acceptors (Lipinski definition) is 3. The minimum absolute atomic E-state index is 1.09. The molecule has 69 valence electrons. The molecule has 1 aliphatic rings. The number of aromatic nitrogens is 1. The molecule has 1 aliphatic heterocycles. The second kappa shape index (κ2) is 3.75. The van der Waals surface area contributed by atoms with E-state index < -0.39 is 0 Å². The Balaban J connectivity index is 2.03. The van der Waals surface area contributed by atoms with Gasteiger partial charge in [-0.05, 0) is 13.1 Å². The maximum Gasteiger partial charge on any atom is 0.0479 e. The number of pyridine rings is 1. The second-order valence-electron chi connectivity index (χ2n) is 3.41. The Morgan fingerprint density at radius 2 is 2.08 bits per heavy atom. The Morgan fingerprint density at radius 3 is 2.69 bits per heavy atom. The molecule has 3 heteroatoms. The molecule has 0 aliphatic carbocycles. The first kappa shape index (κ1) is 8.51. The van der Waals surface area contributed by atoms with Crippen molar-refractivity contribution < 1.29 is 0 Å². The Kier molecular flexibility index (Phi) is 2.45. The summed E-state index contributed by atoms with van der Waals surface area (Å²) in [4.78, 5) is 8.66. The molecule has 13 heavy (non-hydrogen) atoms. The van der Waals surface area contributed by atoms with Crippen molar-refractivity contribution in [2.24, 2.45) is 0 Å². The van der Waals surface area contributed by atoms with Crippen LogP contribution < -0.4 is 4.90 Å². The maximum absolute atomic E-state index is 3.96. The first-order valence-electron chi connectivity index (χ1n) is 4.61. The molecule has 2 rings (SSSR count). The first-order chi connectivity index (χ1) is 6.36. The average Bonchev–Trinajstić information content (AvgIpc) is 2.20. The predicted octanol–water partition coefficient (Wildman–Crippen LogP) is 0.634. The average molecular weight is 176 g/mol. The van der Waals surface area contributed by atoms with Gasteiger partial charge in [0.25, 0.3) is 0 Å². The fourth-order valence-corrected chi connectivity index (χ4v) is 1.55. The van der Waals surface area contributed by atoms with Gasteiger partial charge in [0.1, 0.15) is 0 Å². The summed E-state index contributed by atoms with van der Waals surface area (Å²) in [5, 5.41) is 0. The Labute approximate surface area is 79.0 Å². The highest BCUT2D eigenvalue weighted by molar-refractivity contribution is 5.43. The highest BCUT2D eigenvalue weighted by Gasteiger charge is 2.13. The van der Waals surface area contributed by atoms with Crippen molar-refractivity contribution in [1.82, 2.24) is 9.88 Å². The normalized spacial score (nSPS) is 19.0. The quantitative estimate of drug-likeness (QED) is 0.625. The first-order valence-corrected chi connectivity index (χ1v) is 4.61. The number of nitrogens with zero attached hydrogens (tertiary/aromatic N) is 3. The molecular weight excluding hydrogens is 162 g/mol. The smallest absolute Gasteiger partial charge is 0.0479 e. The third-order valence-electron chi connectivity index (χ3n) is 2.45. The third kappa shape index (κ3) is 1.98. The Morgan fingerprint density at radius 1 is 1.31 bits per heavy atom. The lowest BCUT2D eigenvalue weighted by Gasteiger charge is -2.33. The van der Waals surface area contributed by atoms with E-state index in [-0.39, 0.29) is 0 Å². The Bertz CT molecular complexity index is 252. The van der Waals surface area contributed by atoms with Gasteiger partial charge in [-0.3, -0.25) is 4.98 Å².